The first-order valence-corrected chi connectivity index (χ1v) is 9.49. The highest BCUT2D eigenvalue weighted by molar-refractivity contribution is 5.79. The van der Waals surface area contributed by atoms with E-state index in [2.05, 4.69) is 60.5 Å². The molecular formula is C23H27FN2O. The van der Waals surface area contributed by atoms with Gasteiger partial charge in [-0.25, -0.2) is 4.39 Å². The topological polar surface area (TPSA) is 32.3 Å². The van der Waals surface area contributed by atoms with Gasteiger partial charge in [-0.15, -0.1) is 0 Å². The van der Waals surface area contributed by atoms with Crippen LogP contribution in [0.15, 0.2) is 60.7 Å². The number of hydrogen-bond acceptors (Lipinski definition) is 2. The van der Waals surface area contributed by atoms with Crippen LogP contribution in [0, 0.1) is 18.7 Å². The van der Waals surface area contributed by atoms with Crippen LogP contribution in [0.5, 0.6) is 0 Å². The van der Waals surface area contributed by atoms with Crippen molar-refractivity contribution in [3.63, 3.8) is 0 Å². The number of nitrogens with zero attached hydrogens (tertiary/aromatic N) is 1. The molecule has 1 amide bonds. The molecule has 3 nitrogen and oxygen atoms in total. The predicted molar refractivity (Wildman–Crippen MR) is 107 cm³/mol. The average Bonchev–Trinajstić information content (AvgIpc) is 2.85. The highest BCUT2D eigenvalue weighted by Gasteiger charge is 2.29. The molecule has 0 unspecified atom stereocenters. The normalized spacial score (nSPS) is 20.3. The lowest BCUT2D eigenvalue weighted by atomic mass is 9.95. The van der Waals surface area contributed by atoms with E-state index in [1.807, 2.05) is 0 Å². The van der Waals surface area contributed by atoms with Crippen LogP contribution in [0.25, 0.3) is 0 Å². The molecular weight excluding hydrogens is 339 g/mol. The summed E-state index contributed by atoms with van der Waals surface area (Å²) in [5.74, 6) is -0.318. The van der Waals surface area contributed by atoms with Crippen LogP contribution in [-0.2, 0) is 17.9 Å². The molecule has 0 aliphatic carbocycles. The van der Waals surface area contributed by atoms with E-state index in [4.69, 9.17) is 0 Å². The highest BCUT2D eigenvalue weighted by Crippen LogP contribution is 2.22. The molecule has 3 rings (SSSR count). The Morgan fingerprint density at radius 2 is 1.74 bits per heavy atom. The molecule has 1 N–H and O–H groups in total. The van der Waals surface area contributed by atoms with Crippen molar-refractivity contribution in [3.8, 4) is 0 Å². The van der Waals surface area contributed by atoms with E-state index in [9.17, 15) is 9.18 Å². The maximum Gasteiger partial charge on any atom is 0.225 e. The molecule has 2 atom stereocenters. The van der Waals surface area contributed by atoms with E-state index in [1.54, 1.807) is 12.1 Å². The minimum absolute atomic E-state index is 0.0484. The lowest BCUT2D eigenvalue weighted by Gasteiger charge is -2.31. The third kappa shape index (κ3) is 5.27. The summed E-state index contributed by atoms with van der Waals surface area (Å²) in [6.07, 6.45) is 4.99. The minimum Gasteiger partial charge on any atom is -0.352 e. The third-order valence-corrected chi connectivity index (χ3v) is 5.28. The van der Waals surface area contributed by atoms with Gasteiger partial charge in [0, 0.05) is 25.7 Å². The van der Waals surface area contributed by atoms with Gasteiger partial charge in [-0.05, 0) is 43.5 Å². The number of allylic oxidation sites excluding steroid dienone is 1. The molecule has 0 aromatic heterocycles. The van der Waals surface area contributed by atoms with Gasteiger partial charge in [-0.3, -0.25) is 9.69 Å². The van der Waals surface area contributed by atoms with Crippen molar-refractivity contribution in [1.29, 1.82) is 0 Å². The lowest BCUT2D eigenvalue weighted by Crippen LogP contribution is -2.44. The van der Waals surface area contributed by atoms with Crippen molar-refractivity contribution < 1.29 is 9.18 Å². The molecule has 2 aromatic rings. The Morgan fingerprint density at radius 3 is 2.44 bits per heavy atom. The summed E-state index contributed by atoms with van der Waals surface area (Å²) in [5, 5.41) is 3.02. The smallest absolute Gasteiger partial charge is 0.225 e. The van der Waals surface area contributed by atoms with Gasteiger partial charge in [0.25, 0.3) is 0 Å². The molecule has 2 aromatic carbocycles. The Bertz CT molecular complexity index is 783. The monoisotopic (exact) mass is 366 g/mol. The summed E-state index contributed by atoms with van der Waals surface area (Å²) >= 11 is 0. The van der Waals surface area contributed by atoms with Crippen LogP contribution in [-0.4, -0.2) is 23.4 Å². The first-order chi connectivity index (χ1) is 13.0. The van der Waals surface area contributed by atoms with Crippen molar-refractivity contribution in [2.45, 2.75) is 39.4 Å². The fraction of sp³-hybridized carbons (Fsp3) is 0.348. The van der Waals surface area contributed by atoms with Gasteiger partial charge in [-0.2, -0.15) is 0 Å². The Labute approximate surface area is 160 Å². The Hall–Kier alpha value is -2.46. The number of halogens is 1. The van der Waals surface area contributed by atoms with Gasteiger partial charge in [-0.1, -0.05) is 54.1 Å². The van der Waals surface area contributed by atoms with Crippen LogP contribution >= 0.6 is 0 Å². The molecule has 27 heavy (non-hydrogen) atoms. The quantitative estimate of drug-likeness (QED) is 0.804. The number of carbonyl (C=O) groups excluding carboxylic acids is 1. The molecule has 1 aliphatic rings. The van der Waals surface area contributed by atoms with Crippen LogP contribution in [0.3, 0.4) is 0 Å². The molecule has 0 bridgehead atoms. The second-order valence-corrected chi connectivity index (χ2v) is 7.31. The summed E-state index contributed by atoms with van der Waals surface area (Å²) in [6.45, 7) is 6.31. The number of aryl methyl sites for hydroxylation is 1. The van der Waals surface area contributed by atoms with E-state index in [1.165, 1.54) is 23.3 Å². The standard InChI is InChI=1S/C23H27FN2O/c1-17-6-8-20(9-7-17)16-26-14-4-3-5-22(18(26)2)23(27)25-15-19-10-12-21(24)13-11-19/h3-4,6-13,18,22H,5,14-16H2,1-2H3,(H,25,27)/t18-,22+/m1/s1. The first kappa shape index (κ1) is 19.3. The van der Waals surface area contributed by atoms with Crippen LogP contribution in [0.4, 0.5) is 4.39 Å². The zero-order valence-corrected chi connectivity index (χ0v) is 16.0. The molecule has 0 saturated carbocycles. The summed E-state index contributed by atoms with van der Waals surface area (Å²) in [7, 11) is 0. The Balaban J connectivity index is 1.63. The summed E-state index contributed by atoms with van der Waals surface area (Å²) in [6, 6.07) is 14.9. The van der Waals surface area contributed by atoms with Gasteiger partial charge >= 0.3 is 0 Å². The Kier molecular flexibility index (Phi) is 6.40. The van der Waals surface area contributed by atoms with Gasteiger partial charge in [0.1, 0.15) is 5.82 Å². The van der Waals surface area contributed by atoms with E-state index in [0.717, 1.165) is 25.1 Å². The molecule has 0 spiro atoms. The minimum atomic E-state index is -0.264. The number of rotatable bonds is 5. The molecule has 1 heterocycles. The maximum absolute atomic E-state index is 13.0. The number of benzene rings is 2. The second-order valence-electron chi connectivity index (χ2n) is 7.31. The summed E-state index contributed by atoms with van der Waals surface area (Å²) < 4.78 is 13.0. The fourth-order valence-corrected chi connectivity index (χ4v) is 3.46. The predicted octanol–water partition coefficient (Wildman–Crippen LogP) is 4.22. The van der Waals surface area contributed by atoms with E-state index < -0.39 is 0 Å². The average molecular weight is 366 g/mol. The van der Waals surface area contributed by atoms with Gasteiger partial charge in [0.15, 0.2) is 0 Å². The Morgan fingerprint density at radius 1 is 1.07 bits per heavy atom. The molecule has 0 fully saturated rings. The number of nitrogens with one attached hydrogen (secondary N) is 1. The van der Waals surface area contributed by atoms with Gasteiger partial charge in [0.2, 0.25) is 5.91 Å². The first-order valence-electron chi connectivity index (χ1n) is 9.49. The third-order valence-electron chi connectivity index (χ3n) is 5.28. The van der Waals surface area contributed by atoms with Crippen LogP contribution in [0.2, 0.25) is 0 Å². The molecule has 1 aliphatic heterocycles. The van der Waals surface area contributed by atoms with Crippen LogP contribution < -0.4 is 5.32 Å². The summed E-state index contributed by atoms with van der Waals surface area (Å²) in [4.78, 5) is 15.1. The van der Waals surface area contributed by atoms with Crippen molar-refractivity contribution >= 4 is 5.91 Å². The van der Waals surface area contributed by atoms with Crippen molar-refractivity contribution in [2.75, 3.05) is 6.54 Å². The maximum atomic E-state index is 13.0. The zero-order chi connectivity index (χ0) is 19.2. The second kappa shape index (κ2) is 8.96. The summed E-state index contributed by atoms with van der Waals surface area (Å²) in [5.41, 5.74) is 3.41. The van der Waals surface area contributed by atoms with E-state index in [-0.39, 0.29) is 23.7 Å². The largest absolute Gasteiger partial charge is 0.352 e. The van der Waals surface area contributed by atoms with Gasteiger partial charge in [0.05, 0.1) is 5.92 Å². The molecule has 0 saturated heterocycles. The van der Waals surface area contributed by atoms with E-state index >= 15 is 0 Å². The van der Waals surface area contributed by atoms with Gasteiger partial charge < -0.3 is 5.32 Å². The van der Waals surface area contributed by atoms with Crippen molar-refractivity contribution in [1.82, 2.24) is 10.2 Å². The van der Waals surface area contributed by atoms with Crippen LogP contribution in [0.1, 0.15) is 30.0 Å². The van der Waals surface area contributed by atoms with Crippen molar-refractivity contribution in [3.05, 3.63) is 83.2 Å². The van der Waals surface area contributed by atoms with Crippen molar-refractivity contribution in [2.24, 2.45) is 5.92 Å². The zero-order valence-electron chi connectivity index (χ0n) is 16.0. The molecule has 4 heteroatoms. The SMILES string of the molecule is Cc1ccc(CN2CC=CC[C@H](C(=O)NCc3ccc(F)cc3)[C@H]2C)cc1. The molecule has 142 valence electrons. The number of hydrogen-bond donors (Lipinski definition) is 1. The molecule has 0 radical (unpaired) electrons. The fourth-order valence-electron chi connectivity index (χ4n) is 3.46. The highest BCUT2D eigenvalue weighted by atomic mass is 19.1. The van der Waals surface area contributed by atoms with E-state index in [0.29, 0.717) is 6.54 Å². The number of carbonyl (C=O) groups is 1. The number of amides is 1. The lowest BCUT2D eigenvalue weighted by molar-refractivity contribution is -0.127.